The fourth-order valence-corrected chi connectivity index (χ4v) is 1.34. The molecule has 2 rings (SSSR count). The molecule has 2 heterocycles. The van der Waals surface area contributed by atoms with Gasteiger partial charge in [0.25, 0.3) is 0 Å². The Labute approximate surface area is 71.1 Å². The highest BCUT2D eigenvalue weighted by Crippen LogP contribution is 2.08. The maximum absolute atomic E-state index is 4.34. The molecular formula is C9H11N3. The van der Waals surface area contributed by atoms with Gasteiger partial charge in [-0.15, -0.1) is 0 Å². The van der Waals surface area contributed by atoms with Crippen LogP contribution in [0.2, 0.25) is 0 Å². The SMILES string of the molecule is CCc1cccn2nc(C)nc12. The first-order valence-electron chi connectivity index (χ1n) is 4.12. The zero-order valence-corrected chi connectivity index (χ0v) is 7.28. The number of aromatic nitrogens is 3. The first kappa shape index (κ1) is 7.28. The molecule has 0 saturated carbocycles. The van der Waals surface area contributed by atoms with Crippen molar-refractivity contribution >= 4 is 5.65 Å². The number of hydrogen-bond acceptors (Lipinski definition) is 2. The molecule has 0 saturated heterocycles. The molecule has 2 aromatic rings. The number of hydrogen-bond donors (Lipinski definition) is 0. The van der Waals surface area contributed by atoms with E-state index in [1.54, 1.807) is 0 Å². The van der Waals surface area contributed by atoms with Crippen molar-refractivity contribution in [2.24, 2.45) is 0 Å². The molecule has 12 heavy (non-hydrogen) atoms. The summed E-state index contributed by atoms with van der Waals surface area (Å²) in [5, 5.41) is 4.23. The van der Waals surface area contributed by atoms with Crippen LogP contribution in [0.5, 0.6) is 0 Å². The number of fused-ring (bicyclic) bond motifs is 1. The monoisotopic (exact) mass is 161 g/mol. The Kier molecular flexibility index (Phi) is 1.57. The minimum atomic E-state index is 0.830. The molecule has 0 atom stereocenters. The minimum Gasteiger partial charge on any atom is -0.221 e. The van der Waals surface area contributed by atoms with Gasteiger partial charge in [0.1, 0.15) is 5.82 Å². The van der Waals surface area contributed by atoms with Gasteiger partial charge in [-0.3, -0.25) is 0 Å². The average Bonchev–Trinajstić information content (AvgIpc) is 2.44. The highest BCUT2D eigenvalue weighted by atomic mass is 15.3. The molecule has 0 aliphatic heterocycles. The Balaban J connectivity index is 2.78. The third-order valence-corrected chi connectivity index (χ3v) is 1.93. The van der Waals surface area contributed by atoms with Crippen LogP contribution in [0, 0.1) is 6.92 Å². The van der Waals surface area contributed by atoms with Gasteiger partial charge >= 0.3 is 0 Å². The van der Waals surface area contributed by atoms with E-state index in [4.69, 9.17) is 0 Å². The topological polar surface area (TPSA) is 30.2 Å². The maximum atomic E-state index is 4.34. The van der Waals surface area contributed by atoms with E-state index in [0.29, 0.717) is 0 Å². The summed E-state index contributed by atoms with van der Waals surface area (Å²) in [6.07, 6.45) is 2.93. The molecule has 0 unspecified atom stereocenters. The normalized spacial score (nSPS) is 10.8. The fraction of sp³-hybridized carbons (Fsp3) is 0.333. The van der Waals surface area contributed by atoms with Gasteiger partial charge in [0.05, 0.1) is 0 Å². The Morgan fingerprint density at radius 3 is 3.08 bits per heavy atom. The predicted octanol–water partition coefficient (Wildman–Crippen LogP) is 1.60. The first-order chi connectivity index (χ1) is 5.81. The minimum absolute atomic E-state index is 0.830. The molecule has 0 aliphatic rings. The van der Waals surface area contributed by atoms with Gasteiger partial charge in [0.15, 0.2) is 5.65 Å². The highest BCUT2D eigenvalue weighted by molar-refractivity contribution is 5.46. The summed E-state index contributed by atoms with van der Waals surface area (Å²) in [5.41, 5.74) is 2.23. The van der Waals surface area contributed by atoms with E-state index in [-0.39, 0.29) is 0 Å². The summed E-state index contributed by atoms with van der Waals surface area (Å²) in [6.45, 7) is 4.03. The summed E-state index contributed by atoms with van der Waals surface area (Å²) in [6, 6.07) is 4.09. The molecule has 3 heteroatoms. The second-order valence-electron chi connectivity index (χ2n) is 2.81. The van der Waals surface area contributed by atoms with Gasteiger partial charge in [0.2, 0.25) is 0 Å². The van der Waals surface area contributed by atoms with Gasteiger partial charge in [-0.25, -0.2) is 9.50 Å². The van der Waals surface area contributed by atoms with Gasteiger partial charge < -0.3 is 0 Å². The third kappa shape index (κ3) is 0.978. The number of nitrogens with zero attached hydrogens (tertiary/aromatic N) is 3. The maximum Gasteiger partial charge on any atom is 0.158 e. The lowest BCUT2D eigenvalue weighted by Gasteiger charge is -1.96. The Morgan fingerprint density at radius 1 is 1.50 bits per heavy atom. The van der Waals surface area contributed by atoms with E-state index < -0.39 is 0 Å². The lowest BCUT2D eigenvalue weighted by atomic mass is 10.2. The number of aryl methyl sites for hydroxylation is 2. The van der Waals surface area contributed by atoms with E-state index in [9.17, 15) is 0 Å². The van der Waals surface area contributed by atoms with E-state index in [1.165, 1.54) is 5.56 Å². The summed E-state index contributed by atoms with van der Waals surface area (Å²) in [4.78, 5) is 4.34. The molecule has 0 bridgehead atoms. The van der Waals surface area contributed by atoms with Crippen LogP contribution in [0.15, 0.2) is 18.3 Å². The summed E-state index contributed by atoms with van der Waals surface area (Å²) in [7, 11) is 0. The van der Waals surface area contributed by atoms with Gasteiger partial charge in [-0.2, -0.15) is 5.10 Å². The van der Waals surface area contributed by atoms with Crippen LogP contribution in [0.4, 0.5) is 0 Å². The summed E-state index contributed by atoms with van der Waals surface area (Å²) in [5.74, 6) is 0.830. The first-order valence-corrected chi connectivity index (χ1v) is 4.12. The standard InChI is InChI=1S/C9H11N3/c1-3-8-5-4-6-12-9(8)10-7(2)11-12/h4-6H,3H2,1-2H3. The third-order valence-electron chi connectivity index (χ3n) is 1.93. The lowest BCUT2D eigenvalue weighted by Crippen LogP contribution is -1.90. The van der Waals surface area contributed by atoms with Crippen LogP contribution in [0.3, 0.4) is 0 Å². The van der Waals surface area contributed by atoms with E-state index >= 15 is 0 Å². The van der Waals surface area contributed by atoms with E-state index in [1.807, 2.05) is 23.7 Å². The van der Waals surface area contributed by atoms with Crippen LogP contribution >= 0.6 is 0 Å². The molecular weight excluding hydrogens is 150 g/mol. The van der Waals surface area contributed by atoms with Crippen molar-refractivity contribution in [1.29, 1.82) is 0 Å². The molecule has 0 spiro atoms. The van der Waals surface area contributed by atoms with Crippen molar-refractivity contribution in [2.75, 3.05) is 0 Å². The molecule has 0 aliphatic carbocycles. The zero-order valence-electron chi connectivity index (χ0n) is 7.28. The number of pyridine rings is 1. The molecule has 3 nitrogen and oxygen atoms in total. The molecule has 0 fully saturated rings. The predicted molar refractivity (Wildman–Crippen MR) is 47.1 cm³/mol. The van der Waals surface area contributed by atoms with E-state index in [2.05, 4.69) is 23.1 Å². The van der Waals surface area contributed by atoms with Gasteiger partial charge in [-0.05, 0) is 25.0 Å². The zero-order chi connectivity index (χ0) is 8.55. The Hall–Kier alpha value is -1.38. The molecule has 2 aromatic heterocycles. The van der Waals surface area contributed by atoms with Crippen molar-refractivity contribution in [3.05, 3.63) is 29.7 Å². The second-order valence-corrected chi connectivity index (χ2v) is 2.81. The fourth-order valence-electron chi connectivity index (χ4n) is 1.34. The smallest absolute Gasteiger partial charge is 0.158 e. The molecule has 0 radical (unpaired) electrons. The van der Waals surface area contributed by atoms with Crippen molar-refractivity contribution in [3.63, 3.8) is 0 Å². The lowest BCUT2D eigenvalue weighted by molar-refractivity contribution is 0.922. The second kappa shape index (κ2) is 2.59. The summed E-state index contributed by atoms with van der Waals surface area (Å²) < 4.78 is 1.83. The largest absolute Gasteiger partial charge is 0.221 e. The average molecular weight is 161 g/mol. The molecule has 0 aromatic carbocycles. The molecule has 62 valence electrons. The van der Waals surface area contributed by atoms with Gasteiger partial charge in [0, 0.05) is 6.20 Å². The van der Waals surface area contributed by atoms with Crippen molar-refractivity contribution in [1.82, 2.24) is 14.6 Å². The van der Waals surface area contributed by atoms with E-state index in [0.717, 1.165) is 17.9 Å². The van der Waals surface area contributed by atoms with Crippen LogP contribution in [0.25, 0.3) is 5.65 Å². The molecule has 0 N–H and O–H groups in total. The Morgan fingerprint density at radius 2 is 2.33 bits per heavy atom. The Bertz CT molecular complexity index is 403. The van der Waals surface area contributed by atoms with Crippen LogP contribution in [-0.4, -0.2) is 14.6 Å². The van der Waals surface area contributed by atoms with Crippen molar-refractivity contribution in [3.8, 4) is 0 Å². The highest BCUT2D eigenvalue weighted by Gasteiger charge is 2.01. The summed E-state index contributed by atoms with van der Waals surface area (Å²) >= 11 is 0. The van der Waals surface area contributed by atoms with Gasteiger partial charge in [-0.1, -0.05) is 13.0 Å². The quantitative estimate of drug-likeness (QED) is 0.636. The number of rotatable bonds is 1. The van der Waals surface area contributed by atoms with Crippen LogP contribution in [-0.2, 0) is 6.42 Å². The van der Waals surface area contributed by atoms with Crippen LogP contribution < -0.4 is 0 Å². The molecule has 0 amide bonds. The van der Waals surface area contributed by atoms with Crippen molar-refractivity contribution < 1.29 is 0 Å². The van der Waals surface area contributed by atoms with Crippen LogP contribution in [0.1, 0.15) is 18.3 Å². The van der Waals surface area contributed by atoms with Crippen molar-refractivity contribution in [2.45, 2.75) is 20.3 Å².